The van der Waals surface area contributed by atoms with Gasteiger partial charge < -0.3 is 9.16 Å². The van der Waals surface area contributed by atoms with Crippen molar-refractivity contribution in [3.05, 3.63) is 0 Å². The van der Waals surface area contributed by atoms with Crippen LogP contribution in [0.25, 0.3) is 0 Å². The summed E-state index contributed by atoms with van der Waals surface area (Å²) < 4.78 is 10.6. The van der Waals surface area contributed by atoms with Gasteiger partial charge in [-0.2, -0.15) is 0 Å². The number of carbonyl (C=O) groups excluding carboxylic acids is 1. The minimum Gasteiger partial charge on any atom is -0.469 e. The molecule has 0 fully saturated rings. The van der Waals surface area contributed by atoms with Gasteiger partial charge in [-0.25, -0.2) is 0 Å². The number of rotatable bonds is 5. The first-order valence-electron chi connectivity index (χ1n) is 5.07. The van der Waals surface area contributed by atoms with Gasteiger partial charge in [-0.05, 0) is 33.0 Å². The molecule has 0 heterocycles. The van der Waals surface area contributed by atoms with Gasteiger partial charge in [0.1, 0.15) is 0 Å². The molecule has 0 aliphatic rings. The fourth-order valence-corrected chi connectivity index (χ4v) is 2.61. The normalized spacial score (nSPS) is 16.1. The molecule has 0 bridgehead atoms. The van der Waals surface area contributed by atoms with E-state index < -0.39 is 8.32 Å². The first kappa shape index (κ1) is 13.6. The molecule has 4 heteroatoms. The molecular formula is C10H22O3Si. The second-order valence-electron chi connectivity index (χ2n) is 4.49. The summed E-state index contributed by atoms with van der Waals surface area (Å²) >= 11 is 0. The number of carbonyl (C=O) groups is 1. The molecule has 0 aliphatic carbocycles. The maximum absolute atomic E-state index is 11.3. The highest BCUT2D eigenvalue weighted by atomic mass is 28.4. The maximum Gasteiger partial charge on any atom is 0.310 e. The molecule has 2 atom stereocenters. The van der Waals surface area contributed by atoms with E-state index in [0.717, 1.165) is 6.42 Å². The Labute approximate surface area is 87.9 Å². The number of esters is 1. The Balaban J connectivity index is 4.33. The van der Waals surface area contributed by atoms with Gasteiger partial charge in [0.05, 0.1) is 19.1 Å². The van der Waals surface area contributed by atoms with Crippen LogP contribution in [-0.2, 0) is 14.0 Å². The Kier molecular flexibility index (Phi) is 5.37. The summed E-state index contributed by atoms with van der Waals surface area (Å²) in [6, 6.07) is 0. The van der Waals surface area contributed by atoms with Crippen molar-refractivity contribution >= 4 is 14.3 Å². The lowest BCUT2D eigenvalue weighted by Gasteiger charge is -2.28. The average molecular weight is 218 g/mol. The summed E-state index contributed by atoms with van der Waals surface area (Å²) in [6.45, 7) is 10.3. The van der Waals surface area contributed by atoms with Crippen molar-refractivity contribution in [2.45, 2.75) is 46.0 Å². The molecule has 0 aromatic heterocycles. The highest BCUT2D eigenvalue weighted by Gasteiger charge is 2.28. The Morgan fingerprint density at radius 3 is 2.14 bits per heavy atom. The molecule has 0 saturated carbocycles. The lowest BCUT2D eigenvalue weighted by atomic mass is 10.0. The minimum atomic E-state index is -1.57. The Bertz CT molecular complexity index is 186. The molecule has 0 rings (SSSR count). The monoisotopic (exact) mass is 218 g/mol. The Morgan fingerprint density at radius 2 is 1.86 bits per heavy atom. The van der Waals surface area contributed by atoms with Gasteiger partial charge in [0.2, 0.25) is 0 Å². The average Bonchev–Trinajstić information content (AvgIpc) is 2.10. The molecule has 0 spiro atoms. The Hall–Kier alpha value is -0.353. The highest BCUT2D eigenvalue weighted by Crippen LogP contribution is 2.18. The Morgan fingerprint density at radius 1 is 1.36 bits per heavy atom. The standard InChI is InChI=1S/C10H22O3Si/c1-7-9(13-14(4,5)6)8(2)10(11)12-3/h8-9H,7H2,1-6H3/t8-,9+/m0/s1. The van der Waals surface area contributed by atoms with Crippen LogP contribution >= 0.6 is 0 Å². The zero-order chi connectivity index (χ0) is 11.4. The second kappa shape index (κ2) is 5.51. The van der Waals surface area contributed by atoms with Crippen LogP contribution in [-0.4, -0.2) is 27.5 Å². The van der Waals surface area contributed by atoms with Crippen LogP contribution in [0.1, 0.15) is 20.3 Å². The molecule has 0 aliphatic heterocycles. The molecule has 0 radical (unpaired) electrons. The van der Waals surface area contributed by atoms with Gasteiger partial charge in [0, 0.05) is 0 Å². The number of methoxy groups -OCH3 is 1. The van der Waals surface area contributed by atoms with Gasteiger partial charge in [-0.1, -0.05) is 6.92 Å². The fraction of sp³-hybridized carbons (Fsp3) is 0.900. The van der Waals surface area contributed by atoms with E-state index in [2.05, 4.69) is 19.6 Å². The summed E-state index contributed by atoms with van der Waals surface area (Å²) in [4.78, 5) is 11.3. The van der Waals surface area contributed by atoms with E-state index in [1.807, 2.05) is 13.8 Å². The van der Waals surface area contributed by atoms with Crippen LogP contribution < -0.4 is 0 Å². The molecule has 0 aromatic carbocycles. The third-order valence-electron chi connectivity index (χ3n) is 2.04. The van der Waals surface area contributed by atoms with Crippen molar-refractivity contribution in [3.63, 3.8) is 0 Å². The number of hydrogen-bond acceptors (Lipinski definition) is 3. The van der Waals surface area contributed by atoms with Gasteiger partial charge >= 0.3 is 5.97 Å². The van der Waals surface area contributed by atoms with Crippen molar-refractivity contribution in [1.29, 1.82) is 0 Å². The van der Waals surface area contributed by atoms with E-state index in [-0.39, 0.29) is 18.0 Å². The minimum absolute atomic E-state index is 0.00545. The van der Waals surface area contributed by atoms with Crippen LogP contribution in [0.15, 0.2) is 0 Å². The van der Waals surface area contributed by atoms with Gasteiger partial charge in [0.15, 0.2) is 8.32 Å². The third-order valence-corrected chi connectivity index (χ3v) is 3.05. The van der Waals surface area contributed by atoms with Crippen molar-refractivity contribution in [3.8, 4) is 0 Å². The highest BCUT2D eigenvalue weighted by molar-refractivity contribution is 6.69. The van der Waals surface area contributed by atoms with Crippen LogP contribution in [0, 0.1) is 5.92 Å². The van der Waals surface area contributed by atoms with E-state index in [1.54, 1.807) is 0 Å². The third kappa shape index (κ3) is 4.76. The largest absolute Gasteiger partial charge is 0.469 e. The SMILES string of the molecule is CC[C@@H](O[Si](C)(C)C)[C@H](C)C(=O)OC. The topological polar surface area (TPSA) is 35.5 Å². The summed E-state index contributed by atoms with van der Waals surface area (Å²) in [5, 5.41) is 0. The zero-order valence-corrected chi connectivity index (χ0v) is 11.1. The first-order valence-corrected chi connectivity index (χ1v) is 8.48. The predicted molar refractivity (Wildman–Crippen MR) is 59.7 cm³/mol. The van der Waals surface area contributed by atoms with Gasteiger partial charge in [-0.3, -0.25) is 4.79 Å². The van der Waals surface area contributed by atoms with Crippen molar-refractivity contribution < 1.29 is 14.0 Å². The molecule has 0 saturated heterocycles. The molecule has 84 valence electrons. The van der Waals surface area contributed by atoms with Crippen LogP contribution in [0.5, 0.6) is 0 Å². The quantitative estimate of drug-likeness (QED) is 0.525. The van der Waals surface area contributed by atoms with Crippen molar-refractivity contribution in [2.24, 2.45) is 5.92 Å². The van der Waals surface area contributed by atoms with Gasteiger partial charge in [-0.15, -0.1) is 0 Å². The van der Waals surface area contributed by atoms with E-state index in [0.29, 0.717) is 0 Å². The molecular weight excluding hydrogens is 196 g/mol. The van der Waals surface area contributed by atoms with Gasteiger partial charge in [0.25, 0.3) is 0 Å². The fourth-order valence-electron chi connectivity index (χ4n) is 1.33. The molecule has 0 amide bonds. The van der Waals surface area contributed by atoms with E-state index in [4.69, 9.17) is 9.16 Å². The zero-order valence-electron chi connectivity index (χ0n) is 10.1. The molecule has 0 N–H and O–H groups in total. The van der Waals surface area contributed by atoms with E-state index >= 15 is 0 Å². The summed E-state index contributed by atoms with van der Waals surface area (Å²) in [5.74, 6) is -0.355. The van der Waals surface area contributed by atoms with Crippen LogP contribution in [0.4, 0.5) is 0 Å². The molecule has 0 aromatic rings. The number of ether oxygens (including phenoxy) is 1. The van der Waals surface area contributed by atoms with E-state index in [1.165, 1.54) is 7.11 Å². The summed E-state index contributed by atoms with van der Waals surface area (Å²) in [5.41, 5.74) is 0. The lowest BCUT2D eigenvalue weighted by Crippen LogP contribution is -2.38. The maximum atomic E-state index is 11.3. The first-order chi connectivity index (χ1) is 6.31. The lowest BCUT2D eigenvalue weighted by molar-refractivity contribution is -0.148. The van der Waals surface area contributed by atoms with Crippen LogP contribution in [0.2, 0.25) is 19.6 Å². The molecule has 3 nitrogen and oxygen atoms in total. The smallest absolute Gasteiger partial charge is 0.310 e. The number of hydrogen-bond donors (Lipinski definition) is 0. The van der Waals surface area contributed by atoms with Crippen LogP contribution in [0.3, 0.4) is 0 Å². The second-order valence-corrected chi connectivity index (χ2v) is 8.95. The summed E-state index contributed by atoms with van der Waals surface area (Å²) in [6.07, 6.45) is 0.842. The van der Waals surface area contributed by atoms with E-state index in [9.17, 15) is 4.79 Å². The molecule has 14 heavy (non-hydrogen) atoms. The molecule has 0 unspecified atom stereocenters. The predicted octanol–water partition coefficient (Wildman–Crippen LogP) is 2.43. The van der Waals surface area contributed by atoms with Crippen molar-refractivity contribution in [1.82, 2.24) is 0 Å². The van der Waals surface area contributed by atoms with Crippen molar-refractivity contribution in [2.75, 3.05) is 7.11 Å². The summed E-state index contributed by atoms with van der Waals surface area (Å²) in [7, 11) is -0.154.